The summed E-state index contributed by atoms with van der Waals surface area (Å²) in [5.41, 5.74) is 9.40. The van der Waals surface area contributed by atoms with Crippen molar-refractivity contribution in [2.75, 3.05) is 18.0 Å². The molecule has 0 radical (unpaired) electrons. The Balaban J connectivity index is 2.10. The van der Waals surface area contributed by atoms with Gasteiger partial charge in [-0.2, -0.15) is 0 Å². The van der Waals surface area contributed by atoms with Crippen LogP contribution in [0.15, 0.2) is 30.0 Å². The van der Waals surface area contributed by atoms with E-state index in [1.165, 1.54) is 11.3 Å². The van der Waals surface area contributed by atoms with Gasteiger partial charge in [-0.1, -0.05) is 11.6 Å². The lowest BCUT2D eigenvalue weighted by Gasteiger charge is -2.27. The zero-order chi connectivity index (χ0) is 11.5. The van der Waals surface area contributed by atoms with Crippen LogP contribution in [0.2, 0.25) is 0 Å². The molecule has 1 aromatic heterocycles. The summed E-state index contributed by atoms with van der Waals surface area (Å²) in [4.78, 5) is 6.72. The van der Waals surface area contributed by atoms with Gasteiger partial charge in [0.1, 0.15) is 0 Å². The van der Waals surface area contributed by atoms with Gasteiger partial charge in [0.2, 0.25) is 0 Å². The molecule has 0 aromatic carbocycles. The van der Waals surface area contributed by atoms with Crippen LogP contribution in [0.25, 0.3) is 0 Å². The van der Waals surface area contributed by atoms with E-state index < -0.39 is 0 Å². The van der Waals surface area contributed by atoms with E-state index in [0.29, 0.717) is 0 Å². The average Bonchev–Trinajstić information content (AvgIpc) is 2.30. The lowest BCUT2D eigenvalue weighted by molar-refractivity contribution is 0.766. The number of nitrogens with zero attached hydrogens (tertiary/aromatic N) is 2. The van der Waals surface area contributed by atoms with Crippen molar-refractivity contribution in [3.05, 3.63) is 35.7 Å². The van der Waals surface area contributed by atoms with E-state index in [0.717, 1.165) is 25.2 Å². The molecule has 1 aliphatic heterocycles. The molecule has 2 heterocycles. The van der Waals surface area contributed by atoms with Gasteiger partial charge in [-0.15, -0.1) is 0 Å². The molecule has 0 aliphatic carbocycles. The highest BCUT2D eigenvalue weighted by Gasteiger charge is 2.10. The maximum Gasteiger partial charge on any atom is 0.0569 e. The summed E-state index contributed by atoms with van der Waals surface area (Å²) in [6.07, 6.45) is 5.35. The summed E-state index contributed by atoms with van der Waals surface area (Å²) < 4.78 is 0. The maximum atomic E-state index is 5.77. The van der Waals surface area contributed by atoms with Crippen LogP contribution in [0.1, 0.15) is 32.0 Å². The lowest BCUT2D eigenvalue weighted by Crippen LogP contribution is -2.28. The molecule has 0 amide bonds. The third-order valence-corrected chi connectivity index (χ3v) is 3.04. The smallest absolute Gasteiger partial charge is 0.0569 e. The Bertz CT molecular complexity index is 379. The predicted octanol–water partition coefficient (Wildman–Crippen LogP) is 2.26. The molecule has 2 N–H and O–H groups in total. The Hall–Kier alpha value is -1.35. The van der Waals surface area contributed by atoms with Gasteiger partial charge in [-0.05, 0) is 32.4 Å². The SMILES string of the molecule is CC1=CCN(c2ccc(C(C)N)nc2)CC1. The number of nitrogens with two attached hydrogens (primary N) is 1. The molecule has 16 heavy (non-hydrogen) atoms. The minimum Gasteiger partial charge on any atom is -0.366 e. The molecular weight excluding hydrogens is 198 g/mol. The van der Waals surface area contributed by atoms with E-state index in [1.54, 1.807) is 0 Å². The normalized spacial score (nSPS) is 18.2. The van der Waals surface area contributed by atoms with Crippen LogP contribution in [-0.4, -0.2) is 18.1 Å². The molecule has 1 aromatic rings. The Morgan fingerprint density at radius 1 is 1.44 bits per heavy atom. The number of pyridine rings is 1. The molecular formula is C13H19N3. The van der Waals surface area contributed by atoms with Crippen LogP contribution < -0.4 is 10.6 Å². The fourth-order valence-electron chi connectivity index (χ4n) is 1.86. The first-order valence-electron chi connectivity index (χ1n) is 5.79. The number of hydrogen-bond donors (Lipinski definition) is 1. The van der Waals surface area contributed by atoms with Crippen molar-refractivity contribution in [3.63, 3.8) is 0 Å². The Labute approximate surface area is 97.0 Å². The van der Waals surface area contributed by atoms with Gasteiger partial charge in [-0.3, -0.25) is 4.98 Å². The first kappa shape index (κ1) is 11.1. The summed E-state index contributed by atoms with van der Waals surface area (Å²) in [6, 6.07) is 4.14. The average molecular weight is 217 g/mol. The molecule has 3 heteroatoms. The van der Waals surface area contributed by atoms with Gasteiger partial charge in [0.05, 0.1) is 17.6 Å². The monoisotopic (exact) mass is 217 g/mol. The Kier molecular flexibility index (Phi) is 3.25. The zero-order valence-corrected chi connectivity index (χ0v) is 9.98. The van der Waals surface area contributed by atoms with Crippen molar-refractivity contribution < 1.29 is 0 Å². The van der Waals surface area contributed by atoms with E-state index in [-0.39, 0.29) is 6.04 Å². The molecule has 1 aliphatic rings. The minimum atomic E-state index is 0.0116. The second kappa shape index (κ2) is 4.66. The van der Waals surface area contributed by atoms with Crippen molar-refractivity contribution in [3.8, 4) is 0 Å². The highest BCUT2D eigenvalue weighted by Crippen LogP contribution is 2.19. The van der Waals surface area contributed by atoms with Gasteiger partial charge in [-0.25, -0.2) is 0 Å². The summed E-state index contributed by atoms with van der Waals surface area (Å²) in [5.74, 6) is 0. The third kappa shape index (κ3) is 2.42. The first-order valence-corrected chi connectivity index (χ1v) is 5.79. The molecule has 86 valence electrons. The molecule has 0 spiro atoms. The molecule has 0 bridgehead atoms. The van der Waals surface area contributed by atoms with Crippen LogP contribution in [0, 0.1) is 0 Å². The summed E-state index contributed by atoms with van der Waals surface area (Å²) in [5, 5.41) is 0. The molecule has 2 rings (SSSR count). The largest absolute Gasteiger partial charge is 0.366 e. The fraction of sp³-hybridized carbons (Fsp3) is 0.462. The van der Waals surface area contributed by atoms with Gasteiger partial charge in [0.15, 0.2) is 0 Å². The topological polar surface area (TPSA) is 42.1 Å². The lowest BCUT2D eigenvalue weighted by atomic mass is 10.1. The zero-order valence-electron chi connectivity index (χ0n) is 9.98. The number of anilines is 1. The van der Waals surface area contributed by atoms with Crippen molar-refractivity contribution >= 4 is 5.69 Å². The first-order chi connectivity index (χ1) is 7.66. The summed E-state index contributed by atoms with van der Waals surface area (Å²) in [7, 11) is 0. The number of rotatable bonds is 2. The summed E-state index contributed by atoms with van der Waals surface area (Å²) >= 11 is 0. The van der Waals surface area contributed by atoms with E-state index in [1.807, 2.05) is 19.2 Å². The Morgan fingerprint density at radius 3 is 2.75 bits per heavy atom. The summed E-state index contributed by atoms with van der Waals surface area (Å²) in [6.45, 7) is 6.22. The van der Waals surface area contributed by atoms with Gasteiger partial charge in [0.25, 0.3) is 0 Å². The molecule has 0 fully saturated rings. The van der Waals surface area contributed by atoms with Crippen LogP contribution in [-0.2, 0) is 0 Å². The highest BCUT2D eigenvalue weighted by molar-refractivity contribution is 5.46. The molecule has 3 nitrogen and oxygen atoms in total. The van der Waals surface area contributed by atoms with Crippen molar-refractivity contribution in [1.29, 1.82) is 0 Å². The van der Waals surface area contributed by atoms with Crippen molar-refractivity contribution in [1.82, 2.24) is 4.98 Å². The van der Waals surface area contributed by atoms with Crippen LogP contribution in [0.5, 0.6) is 0 Å². The van der Waals surface area contributed by atoms with Gasteiger partial charge < -0.3 is 10.6 Å². The molecule has 1 unspecified atom stereocenters. The maximum absolute atomic E-state index is 5.77. The van der Waals surface area contributed by atoms with Gasteiger partial charge >= 0.3 is 0 Å². The number of aromatic nitrogens is 1. The second-order valence-electron chi connectivity index (χ2n) is 4.48. The van der Waals surface area contributed by atoms with Crippen LogP contribution >= 0.6 is 0 Å². The predicted molar refractivity (Wildman–Crippen MR) is 67.4 cm³/mol. The van der Waals surface area contributed by atoms with Crippen LogP contribution in [0.4, 0.5) is 5.69 Å². The highest BCUT2D eigenvalue weighted by atomic mass is 15.1. The van der Waals surface area contributed by atoms with E-state index in [2.05, 4.69) is 29.0 Å². The second-order valence-corrected chi connectivity index (χ2v) is 4.48. The quantitative estimate of drug-likeness (QED) is 0.773. The van der Waals surface area contributed by atoms with Crippen LogP contribution in [0.3, 0.4) is 0 Å². The van der Waals surface area contributed by atoms with Gasteiger partial charge in [0, 0.05) is 19.1 Å². The third-order valence-electron chi connectivity index (χ3n) is 3.04. The molecule has 1 atom stereocenters. The standard InChI is InChI=1S/C13H19N3/c1-10-5-7-16(8-6-10)12-3-4-13(11(2)14)15-9-12/h3-5,9,11H,6-8,14H2,1-2H3. The van der Waals surface area contributed by atoms with Crippen molar-refractivity contribution in [2.45, 2.75) is 26.3 Å². The number of hydrogen-bond acceptors (Lipinski definition) is 3. The van der Waals surface area contributed by atoms with E-state index >= 15 is 0 Å². The van der Waals surface area contributed by atoms with E-state index in [9.17, 15) is 0 Å². The Morgan fingerprint density at radius 2 is 2.25 bits per heavy atom. The van der Waals surface area contributed by atoms with E-state index in [4.69, 9.17) is 5.73 Å². The molecule has 0 saturated heterocycles. The molecule has 0 saturated carbocycles. The fourth-order valence-corrected chi connectivity index (χ4v) is 1.86. The van der Waals surface area contributed by atoms with Crippen molar-refractivity contribution in [2.24, 2.45) is 5.73 Å². The minimum absolute atomic E-state index is 0.0116.